The Morgan fingerprint density at radius 3 is 2.83 bits per heavy atom. The monoisotopic (exact) mass is 336 g/mol. The van der Waals surface area contributed by atoms with E-state index in [2.05, 4.69) is 5.32 Å². The van der Waals surface area contributed by atoms with E-state index in [0.717, 1.165) is 11.3 Å². The fraction of sp³-hybridized carbons (Fsp3) is 0.500. The smallest absolute Gasteiger partial charge is 0.239 e. The Labute approximate surface area is 139 Å². The normalized spacial score (nSPS) is 20.0. The molecule has 0 aromatic heterocycles. The van der Waals surface area contributed by atoms with Crippen LogP contribution in [0.3, 0.4) is 0 Å². The first kappa shape index (κ1) is 16.0. The molecule has 1 saturated heterocycles. The van der Waals surface area contributed by atoms with E-state index >= 15 is 0 Å². The fourth-order valence-corrected chi connectivity index (χ4v) is 3.81. The van der Waals surface area contributed by atoms with Crippen LogP contribution in [0.25, 0.3) is 0 Å². The van der Waals surface area contributed by atoms with Crippen LogP contribution >= 0.6 is 11.8 Å². The minimum Gasteiger partial charge on any atom is -0.486 e. The van der Waals surface area contributed by atoms with Crippen LogP contribution in [0.5, 0.6) is 11.5 Å². The number of benzene rings is 1. The second kappa shape index (κ2) is 6.70. The third-order valence-corrected chi connectivity index (χ3v) is 4.84. The van der Waals surface area contributed by atoms with Gasteiger partial charge in [-0.25, -0.2) is 0 Å². The average Bonchev–Trinajstić information content (AvgIpc) is 2.87. The van der Waals surface area contributed by atoms with Crippen LogP contribution in [0.4, 0.5) is 0 Å². The highest BCUT2D eigenvalue weighted by Crippen LogP contribution is 2.41. The number of carbonyl (C=O) groups excluding carboxylic acids is 2. The molecule has 2 aliphatic heterocycles. The Morgan fingerprint density at radius 1 is 1.35 bits per heavy atom. The minimum atomic E-state index is -0.170. The lowest BCUT2D eigenvalue weighted by Crippen LogP contribution is -2.41. The Balaban J connectivity index is 1.77. The maximum Gasteiger partial charge on any atom is 0.239 e. The van der Waals surface area contributed by atoms with E-state index in [1.807, 2.05) is 32.0 Å². The maximum atomic E-state index is 12.1. The molecule has 6 nitrogen and oxygen atoms in total. The zero-order chi connectivity index (χ0) is 16.4. The van der Waals surface area contributed by atoms with Crippen LogP contribution in [-0.4, -0.2) is 48.3 Å². The van der Waals surface area contributed by atoms with Gasteiger partial charge < -0.3 is 19.7 Å². The summed E-state index contributed by atoms with van der Waals surface area (Å²) in [5.74, 6) is 1.64. The second-order valence-electron chi connectivity index (χ2n) is 5.81. The summed E-state index contributed by atoms with van der Waals surface area (Å²) in [5.41, 5.74) is 0.947. The molecule has 7 heteroatoms. The summed E-state index contributed by atoms with van der Waals surface area (Å²) in [6.07, 6.45) is 0. The molecular formula is C16H20N2O4S. The number of carbonyl (C=O) groups is 2. The lowest BCUT2D eigenvalue weighted by Gasteiger charge is -2.26. The first-order valence-electron chi connectivity index (χ1n) is 7.64. The van der Waals surface area contributed by atoms with Gasteiger partial charge in [-0.05, 0) is 31.5 Å². The van der Waals surface area contributed by atoms with Crippen LogP contribution in [0.15, 0.2) is 18.2 Å². The molecule has 3 rings (SSSR count). The molecule has 1 atom stereocenters. The van der Waals surface area contributed by atoms with E-state index in [1.54, 1.807) is 4.90 Å². The highest BCUT2D eigenvalue weighted by Gasteiger charge is 2.34. The molecule has 2 amide bonds. The van der Waals surface area contributed by atoms with E-state index in [0.29, 0.717) is 24.7 Å². The van der Waals surface area contributed by atoms with Crippen LogP contribution in [0.2, 0.25) is 0 Å². The van der Waals surface area contributed by atoms with Gasteiger partial charge in [0.25, 0.3) is 0 Å². The number of nitrogens with one attached hydrogen (secondary N) is 1. The van der Waals surface area contributed by atoms with Gasteiger partial charge in [-0.3, -0.25) is 9.59 Å². The van der Waals surface area contributed by atoms with Crippen molar-refractivity contribution in [3.8, 4) is 11.5 Å². The summed E-state index contributed by atoms with van der Waals surface area (Å²) in [5, 5.41) is 2.66. The van der Waals surface area contributed by atoms with Crippen molar-refractivity contribution in [2.45, 2.75) is 25.3 Å². The molecule has 0 bridgehead atoms. The molecule has 2 heterocycles. The molecule has 1 N–H and O–H groups in total. The van der Waals surface area contributed by atoms with Crippen molar-refractivity contribution in [1.29, 1.82) is 0 Å². The molecule has 0 radical (unpaired) electrons. The summed E-state index contributed by atoms with van der Waals surface area (Å²) < 4.78 is 11.1. The number of fused-ring (bicyclic) bond motifs is 1. The Hall–Kier alpha value is -1.89. The Bertz CT molecular complexity index is 620. The minimum absolute atomic E-state index is 0.0196. The molecule has 124 valence electrons. The number of amides is 2. The van der Waals surface area contributed by atoms with Crippen LogP contribution in [-0.2, 0) is 9.59 Å². The summed E-state index contributed by atoms with van der Waals surface area (Å²) >= 11 is 1.52. The predicted octanol–water partition coefficient (Wildman–Crippen LogP) is 1.56. The quantitative estimate of drug-likeness (QED) is 0.904. The van der Waals surface area contributed by atoms with Crippen LogP contribution in [0.1, 0.15) is 24.8 Å². The molecular weight excluding hydrogens is 316 g/mol. The van der Waals surface area contributed by atoms with Crippen molar-refractivity contribution < 1.29 is 19.1 Å². The van der Waals surface area contributed by atoms with E-state index in [4.69, 9.17) is 9.47 Å². The number of ether oxygens (including phenoxy) is 2. The van der Waals surface area contributed by atoms with Gasteiger partial charge in [0.1, 0.15) is 25.1 Å². The zero-order valence-electron chi connectivity index (χ0n) is 13.2. The second-order valence-corrected chi connectivity index (χ2v) is 6.88. The van der Waals surface area contributed by atoms with Crippen molar-refractivity contribution in [3.05, 3.63) is 23.8 Å². The van der Waals surface area contributed by atoms with E-state index in [1.165, 1.54) is 11.8 Å². The van der Waals surface area contributed by atoms with Gasteiger partial charge in [0.05, 0.1) is 5.75 Å². The number of nitrogens with zero attached hydrogens (tertiary/aromatic N) is 1. The van der Waals surface area contributed by atoms with Crippen molar-refractivity contribution in [2.24, 2.45) is 0 Å². The van der Waals surface area contributed by atoms with E-state index in [9.17, 15) is 9.59 Å². The van der Waals surface area contributed by atoms with Crippen molar-refractivity contribution in [2.75, 3.05) is 25.5 Å². The summed E-state index contributed by atoms with van der Waals surface area (Å²) in [4.78, 5) is 25.8. The number of rotatable bonds is 4. The van der Waals surface area contributed by atoms with Gasteiger partial charge in [0.15, 0.2) is 11.5 Å². The molecule has 0 spiro atoms. The Morgan fingerprint density at radius 2 is 2.09 bits per heavy atom. The molecule has 0 saturated carbocycles. The van der Waals surface area contributed by atoms with Gasteiger partial charge in [-0.15, -0.1) is 11.8 Å². The average molecular weight is 336 g/mol. The molecule has 1 fully saturated rings. The molecule has 0 aliphatic carbocycles. The first-order chi connectivity index (χ1) is 11.0. The van der Waals surface area contributed by atoms with E-state index < -0.39 is 0 Å². The fourth-order valence-electron chi connectivity index (χ4n) is 2.64. The molecule has 0 unspecified atom stereocenters. The topological polar surface area (TPSA) is 67.9 Å². The van der Waals surface area contributed by atoms with Gasteiger partial charge >= 0.3 is 0 Å². The third kappa shape index (κ3) is 3.55. The van der Waals surface area contributed by atoms with Crippen molar-refractivity contribution >= 4 is 23.6 Å². The third-order valence-electron chi connectivity index (χ3n) is 3.58. The molecule has 1 aromatic rings. The highest BCUT2D eigenvalue weighted by atomic mass is 32.2. The van der Waals surface area contributed by atoms with Gasteiger partial charge in [0.2, 0.25) is 11.8 Å². The van der Waals surface area contributed by atoms with Crippen molar-refractivity contribution in [3.63, 3.8) is 0 Å². The number of hydrogen-bond acceptors (Lipinski definition) is 5. The zero-order valence-corrected chi connectivity index (χ0v) is 14.0. The van der Waals surface area contributed by atoms with Gasteiger partial charge in [0, 0.05) is 6.04 Å². The summed E-state index contributed by atoms with van der Waals surface area (Å²) in [7, 11) is 0. The standard InChI is InChI=1S/C16H20N2O4S/c1-10(2)17-14(19)8-18-15(20)9-23-16(18)11-3-4-12-13(7-11)22-6-5-21-12/h3-4,7,10,16H,5-6,8-9H2,1-2H3,(H,17,19)/t16-/m1/s1. The molecule has 1 aromatic carbocycles. The van der Waals surface area contributed by atoms with Crippen LogP contribution < -0.4 is 14.8 Å². The SMILES string of the molecule is CC(C)NC(=O)CN1C(=O)CS[C@@H]1c1ccc2c(c1)OCCO2. The summed E-state index contributed by atoms with van der Waals surface area (Å²) in [6.45, 7) is 4.94. The highest BCUT2D eigenvalue weighted by molar-refractivity contribution is 8.00. The van der Waals surface area contributed by atoms with E-state index in [-0.39, 0.29) is 29.8 Å². The largest absolute Gasteiger partial charge is 0.486 e. The van der Waals surface area contributed by atoms with Gasteiger partial charge in [-0.1, -0.05) is 6.07 Å². The Kier molecular flexibility index (Phi) is 4.66. The van der Waals surface area contributed by atoms with Gasteiger partial charge in [-0.2, -0.15) is 0 Å². The predicted molar refractivity (Wildman–Crippen MR) is 87.6 cm³/mol. The van der Waals surface area contributed by atoms with Crippen molar-refractivity contribution in [1.82, 2.24) is 10.2 Å². The number of thioether (sulfide) groups is 1. The lowest BCUT2D eigenvalue weighted by atomic mass is 10.1. The first-order valence-corrected chi connectivity index (χ1v) is 8.69. The molecule has 2 aliphatic rings. The summed E-state index contributed by atoms with van der Waals surface area (Å²) in [6, 6.07) is 5.75. The molecule has 23 heavy (non-hydrogen) atoms. The maximum absolute atomic E-state index is 12.1. The van der Waals surface area contributed by atoms with Crippen LogP contribution in [0, 0.1) is 0 Å². The lowest BCUT2D eigenvalue weighted by molar-refractivity contribution is -0.134. The number of hydrogen-bond donors (Lipinski definition) is 1.